The van der Waals surface area contributed by atoms with Gasteiger partial charge in [0, 0.05) is 25.0 Å². The van der Waals surface area contributed by atoms with Crippen molar-refractivity contribution in [3.63, 3.8) is 0 Å². The lowest BCUT2D eigenvalue weighted by Crippen LogP contribution is -2.16. The zero-order valence-electron chi connectivity index (χ0n) is 7.59. The SMILES string of the molecule is CSCCNCc1cncc(F)c1. The lowest BCUT2D eigenvalue weighted by molar-refractivity contribution is 0.614. The van der Waals surface area contributed by atoms with Gasteiger partial charge in [-0.15, -0.1) is 0 Å². The van der Waals surface area contributed by atoms with Crippen LogP contribution in [-0.4, -0.2) is 23.5 Å². The van der Waals surface area contributed by atoms with Gasteiger partial charge in [0.05, 0.1) is 6.20 Å². The van der Waals surface area contributed by atoms with Crippen LogP contribution in [0.1, 0.15) is 5.56 Å². The van der Waals surface area contributed by atoms with Gasteiger partial charge < -0.3 is 5.32 Å². The molecule has 0 aliphatic rings. The summed E-state index contributed by atoms with van der Waals surface area (Å²) in [7, 11) is 0. The van der Waals surface area contributed by atoms with Crippen LogP contribution in [0.25, 0.3) is 0 Å². The fraction of sp³-hybridized carbons (Fsp3) is 0.444. The third-order valence-corrected chi connectivity index (χ3v) is 2.19. The van der Waals surface area contributed by atoms with Gasteiger partial charge in [0.2, 0.25) is 0 Å². The number of hydrogen-bond acceptors (Lipinski definition) is 3. The summed E-state index contributed by atoms with van der Waals surface area (Å²) < 4.78 is 12.6. The standard InChI is InChI=1S/C9H13FN2S/c1-13-3-2-11-5-8-4-9(10)7-12-6-8/h4,6-7,11H,2-3,5H2,1H3. The molecule has 0 aliphatic heterocycles. The highest BCUT2D eigenvalue weighted by Gasteiger charge is 1.94. The molecule has 0 amide bonds. The molecule has 2 nitrogen and oxygen atoms in total. The van der Waals surface area contributed by atoms with Crippen LogP contribution in [0.5, 0.6) is 0 Å². The normalized spacial score (nSPS) is 10.3. The van der Waals surface area contributed by atoms with E-state index in [1.807, 2.05) is 0 Å². The minimum absolute atomic E-state index is 0.274. The summed E-state index contributed by atoms with van der Waals surface area (Å²) in [5.74, 6) is 0.798. The maximum absolute atomic E-state index is 12.6. The van der Waals surface area contributed by atoms with E-state index in [0.29, 0.717) is 6.54 Å². The molecule has 0 spiro atoms. The van der Waals surface area contributed by atoms with Crippen LogP contribution in [0.3, 0.4) is 0 Å². The lowest BCUT2D eigenvalue weighted by atomic mass is 10.3. The summed E-state index contributed by atoms with van der Waals surface area (Å²) in [6.45, 7) is 1.63. The fourth-order valence-electron chi connectivity index (χ4n) is 0.959. The predicted molar refractivity (Wildman–Crippen MR) is 54.3 cm³/mol. The average Bonchev–Trinajstić information content (AvgIpc) is 2.13. The molecule has 72 valence electrons. The summed E-state index contributed by atoms with van der Waals surface area (Å²) in [6.07, 6.45) is 4.95. The van der Waals surface area contributed by atoms with Gasteiger partial charge in [-0.2, -0.15) is 11.8 Å². The van der Waals surface area contributed by atoms with Gasteiger partial charge in [-0.1, -0.05) is 0 Å². The summed E-state index contributed by atoms with van der Waals surface area (Å²) in [5, 5.41) is 3.20. The highest BCUT2D eigenvalue weighted by atomic mass is 32.2. The smallest absolute Gasteiger partial charge is 0.141 e. The molecule has 1 rings (SSSR count). The van der Waals surface area contributed by atoms with E-state index >= 15 is 0 Å². The fourth-order valence-corrected chi connectivity index (χ4v) is 1.31. The molecule has 1 aromatic heterocycles. The number of nitrogens with one attached hydrogen (secondary N) is 1. The Hall–Kier alpha value is -0.610. The zero-order chi connectivity index (χ0) is 9.52. The van der Waals surface area contributed by atoms with Crippen molar-refractivity contribution < 1.29 is 4.39 Å². The second-order valence-corrected chi connectivity index (χ2v) is 3.67. The van der Waals surface area contributed by atoms with Crippen molar-refractivity contribution in [1.29, 1.82) is 0 Å². The molecular weight excluding hydrogens is 187 g/mol. The Morgan fingerprint density at radius 3 is 3.08 bits per heavy atom. The van der Waals surface area contributed by atoms with E-state index in [1.165, 1.54) is 12.3 Å². The van der Waals surface area contributed by atoms with E-state index in [0.717, 1.165) is 17.9 Å². The van der Waals surface area contributed by atoms with Gasteiger partial charge in [0.25, 0.3) is 0 Å². The first-order valence-electron chi connectivity index (χ1n) is 4.12. The molecule has 0 atom stereocenters. The van der Waals surface area contributed by atoms with E-state index in [1.54, 1.807) is 18.0 Å². The largest absolute Gasteiger partial charge is 0.312 e. The van der Waals surface area contributed by atoms with Gasteiger partial charge in [0.1, 0.15) is 5.82 Å². The highest BCUT2D eigenvalue weighted by molar-refractivity contribution is 7.98. The van der Waals surface area contributed by atoms with Crippen molar-refractivity contribution in [2.75, 3.05) is 18.6 Å². The van der Waals surface area contributed by atoms with Crippen LogP contribution in [0.4, 0.5) is 4.39 Å². The van der Waals surface area contributed by atoms with E-state index < -0.39 is 0 Å². The average molecular weight is 200 g/mol. The molecule has 0 unspecified atom stereocenters. The molecule has 0 saturated carbocycles. The Balaban J connectivity index is 2.28. The van der Waals surface area contributed by atoms with Gasteiger partial charge in [-0.3, -0.25) is 4.98 Å². The van der Waals surface area contributed by atoms with Crippen molar-refractivity contribution in [3.8, 4) is 0 Å². The first-order chi connectivity index (χ1) is 6.33. The molecule has 4 heteroatoms. The molecule has 0 radical (unpaired) electrons. The quantitative estimate of drug-likeness (QED) is 0.732. The molecule has 0 bridgehead atoms. The third-order valence-electron chi connectivity index (χ3n) is 1.57. The van der Waals surface area contributed by atoms with E-state index in [2.05, 4.69) is 16.6 Å². The predicted octanol–water partition coefficient (Wildman–Crippen LogP) is 1.67. The molecule has 0 aliphatic carbocycles. The maximum Gasteiger partial charge on any atom is 0.141 e. The minimum atomic E-state index is -0.274. The number of halogens is 1. The van der Waals surface area contributed by atoms with Crippen LogP contribution in [-0.2, 0) is 6.54 Å². The number of hydrogen-bond donors (Lipinski definition) is 1. The number of pyridine rings is 1. The second kappa shape index (κ2) is 5.94. The van der Waals surface area contributed by atoms with Gasteiger partial charge >= 0.3 is 0 Å². The molecule has 0 saturated heterocycles. The zero-order valence-corrected chi connectivity index (χ0v) is 8.40. The summed E-state index contributed by atoms with van der Waals surface area (Å²) in [5.41, 5.74) is 0.890. The Morgan fingerprint density at radius 1 is 1.54 bits per heavy atom. The van der Waals surface area contributed by atoms with Crippen LogP contribution in [0, 0.1) is 5.82 Å². The van der Waals surface area contributed by atoms with E-state index in [-0.39, 0.29) is 5.82 Å². The number of rotatable bonds is 5. The van der Waals surface area contributed by atoms with Crippen LogP contribution in [0.2, 0.25) is 0 Å². The van der Waals surface area contributed by atoms with Crippen molar-refractivity contribution in [2.45, 2.75) is 6.54 Å². The van der Waals surface area contributed by atoms with Crippen LogP contribution >= 0.6 is 11.8 Å². The molecule has 13 heavy (non-hydrogen) atoms. The molecule has 0 aromatic carbocycles. The first kappa shape index (κ1) is 10.5. The van der Waals surface area contributed by atoms with Gasteiger partial charge in [-0.05, 0) is 17.9 Å². The number of aromatic nitrogens is 1. The lowest BCUT2D eigenvalue weighted by Gasteiger charge is -2.02. The monoisotopic (exact) mass is 200 g/mol. The molecular formula is C9H13FN2S. The third kappa shape index (κ3) is 4.24. The molecule has 1 aromatic rings. The topological polar surface area (TPSA) is 24.9 Å². The number of nitrogens with zero attached hydrogens (tertiary/aromatic N) is 1. The van der Waals surface area contributed by atoms with Crippen molar-refractivity contribution in [1.82, 2.24) is 10.3 Å². The summed E-state index contributed by atoms with van der Waals surface area (Å²) in [4.78, 5) is 3.76. The summed E-state index contributed by atoms with van der Waals surface area (Å²) in [6, 6.07) is 1.50. The van der Waals surface area contributed by atoms with Gasteiger partial charge in [0.15, 0.2) is 0 Å². The van der Waals surface area contributed by atoms with E-state index in [9.17, 15) is 4.39 Å². The first-order valence-corrected chi connectivity index (χ1v) is 5.51. The van der Waals surface area contributed by atoms with Crippen LogP contribution < -0.4 is 5.32 Å². The van der Waals surface area contributed by atoms with Crippen molar-refractivity contribution >= 4 is 11.8 Å². The Bertz CT molecular complexity index is 255. The molecule has 1 heterocycles. The van der Waals surface area contributed by atoms with Gasteiger partial charge in [-0.25, -0.2) is 4.39 Å². The second-order valence-electron chi connectivity index (χ2n) is 2.68. The molecule has 0 fully saturated rings. The minimum Gasteiger partial charge on any atom is -0.312 e. The summed E-state index contributed by atoms with van der Waals surface area (Å²) >= 11 is 1.79. The maximum atomic E-state index is 12.6. The Morgan fingerprint density at radius 2 is 2.38 bits per heavy atom. The molecule has 1 N–H and O–H groups in total. The van der Waals surface area contributed by atoms with Crippen LogP contribution in [0.15, 0.2) is 18.5 Å². The Kier molecular flexibility index (Phi) is 4.78. The number of thioether (sulfide) groups is 1. The Labute approximate surface area is 81.9 Å². The van der Waals surface area contributed by atoms with Crippen molar-refractivity contribution in [2.24, 2.45) is 0 Å². The van der Waals surface area contributed by atoms with E-state index in [4.69, 9.17) is 0 Å². The highest BCUT2D eigenvalue weighted by Crippen LogP contribution is 1.99. The van der Waals surface area contributed by atoms with Crippen molar-refractivity contribution in [3.05, 3.63) is 29.8 Å².